The normalized spacial score (nSPS) is 15.7. The van der Waals surface area contributed by atoms with Gasteiger partial charge >= 0.3 is 0 Å². The molecule has 8 heteroatoms. The monoisotopic (exact) mass is 479 g/mol. The van der Waals surface area contributed by atoms with Crippen molar-refractivity contribution < 1.29 is 13.5 Å². The van der Waals surface area contributed by atoms with Gasteiger partial charge in [-0.3, -0.25) is 4.90 Å². The lowest BCUT2D eigenvalue weighted by atomic mass is 9.98. The molecule has 0 spiro atoms. The minimum Gasteiger partial charge on any atom is -0.486 e. The van der Waals surface area contributed by atoms with E-state index in [-0.39, 0.29) is 23.4 Å². The summed E-state index contributed by atoms with van der Waals surface area (Å²) in [6, 6.07) is 9.90. The smallest absolute Gasteiger partial charge is 0.227 e. The van der Waals surface area contributed by atoms with Crippen molar-refractivity contribution in [3.05, 3.63) is 59.3 Å². The molecule has 2 aliphatic rings. The second kappa shape index (κ2) is 9.41. The van der Waals surface area contributed by atoms with Crippen LogP contribution in [0.15, 0.2) is 36.5 Å². The summed E-state index contributed by atoms with van der Waals surface area (Å²) in [6.07, 6.45) is 2.10. The number of fused-ring (bicyclic) bond motifs is 2. The molecule has 0 atom stereocenters. The maximum Gasteiger partial charge on any atom is 0.227 e. The van der Waals surface area contributed by atoms with Gasteiger partial charge in [0.1, 0.15) is 12.3 Å². The molecular formula is C27H31F2N5O. The fourth-order valence-electron chi connectivity index (χ4n) is 4.83. The van der Waals surface area contributed by atoms with Gasteiger partial charge in [0.15, 0.2) is 17.4 Å². The van der Waals surface area contributed by atoms with E-state index in [4.69, 9.17) is 4.74 Å². The number of hydrogen-bond acceptors (Lipinski definition) is 6. The zero-order valence-electron chi connectivity index (χ0n) is 20.6. The molecule has 1 aromatic heterocycles. The predicted octanol–water partition coefficient (Wildman–Crippen LogP) is 5.54. The maximum atomic E-state index is 14.9. The summed E-state index contributed by atoms with van der Waals surface area (Å²) in [6.45, 7) is 11.5. The van der Waals surface area contributed by atoms with Crippen molar-refractivity contribution in [1.29, 1.82) is 0 Å². The zero-order chi connectivity index (χ0) is 24.7. The standard InChI is InChI=1S/C27H31F2N5O/c1-16(2)33-8-7-18-11-21(6-5-19(18)15-33)31-27-30-14-23(29)25(32-27)20-12-22(28)26-24(13-20)34(17(3)4)9-10-35-26/h5-6,11-14,16-17H,7-10,15H2,1-4H3,(H,30,31,32). The van der Waals surface area contributed by atoms with E-state index in [1.807, 2.05) is 19.9 Å². The van der Waals surface area contributed by atoms with Crippen LogP contribution < -0.4 is 15.0 Å². The summed E-state index contributed by atoms with van der Waals surface area (Å²) in [5.74, 6) is -0.676. The average Bonchev–Trinajstić information content (AvgIpc) is 2.84. The molecular weight excluding hydrogens is 448 g/mol. The fourth-order valence-corrected chi connectivity index (χ4v) is 4.83. The van der Waals surface area contributed by atoms with Gasteiger partial charge in [-0.25, -0.2) is 18.7 Å². The lowest BCUT2D eigenvalue weighted by Crippen LogP contribution is -2.38. The summed E-state index contributed by atoms with van der Waals surface area (Å²) < 4.78 is 35.3. The van der Waals surface area contributed by atoms with Gasteiger partial charge in [-0.15, -0.1) is 0 Å². The van der Waals surface area contributed by atoms with Crippen LogP contribution in [0.2, 0.25) is 0 Å². The van der Waals surface area contributed by atoms with Gasteiger partial charge in [0.25, 0.3) is 0 Å². The topological polar surface area (TPSA) is 53.5 Å². The molecule has 5 rings (SSSR count). The Kier molecular flexibility index (Phi) is 6.32. The van der Waals surface area contributed by atoms with Crippen LogP contribution in [0.3, 0.4) is 0 Å². The van der Waals surface area contributed by atoms with Crippen LogP contribution >= 0.6 is 0 Å². The Morgan fingerprint density at radius 1 is 0.971 bits per heavy atom. The molecule has 0 fully saturated rings. The molecule has 0 aliphatic carbocycles. The number of halogens is 2. The highest BCUT2D eigenvalue weighted by atomic mass is 19.1. The van der Waals surface area contributed by atoms with Crippen molar-refractivity contribution >= 4 is 17.3 Å². The van der Waals surface area contributed by atoms with E-state index in [0.29, 0.717) is 30.4 Å². The van der Waals surface area contributed by atoms with Crippen LogP contribution in [0, 0.1) is 11.6 Å². The molecule has 2 aromatic carbocycles. The highest BCUT2D eigenvalue weighted by Gasteiger charge is 2.26. The van der Waals surface area contributed by atoms with E-state index in [9.17, 15) is 8.78 Å². The molecule has 2 aliphatic heterocycles. The highest BCUT2D eigenvalue weighted by Crippen LogP contribution is 2.39. The third-order valence-corrected chi connectivity index (χ3v) is 6.79. The van der Waals surface area contributed by atoms with Crippen LogP contribution in [0.25, 0.3) is 11.3 Å². The minimum atomic E-state index is -0.609. The van der Waals surface area contributed by atoms with Gasteiger partial charge in [-0.2, -0.15) is 0 Å². The van der Waals surface area contributed by atoms with E-state index in [1.165, 1.54) is 17.2 Å². The first-order chi connectivity index (χ1) is 16.8. The first kappa shape index (κ1) is 23.5. The van der Waals surface area contributed by atoms with E-state index in [1.54, 1.807) is 6.07 Å². The van der Waals surface area contributed by atoms with Crippen LogP contribution in [0.5, 0.6) is 5.75 Å². The Balaban J connectivity index is 1.44. The molecule has 0 saturated heterocycles. The molecule has 0 saturated carbocycles. The molecule has 0 bridgehead atoms. The third-order valence-electron chi connectivity index (χ3n) is 6.79. The third kappa shape index (κ3) is 4.67. The second-order valence-corrected chi connectivity index (χ2v) is 9.75. The Morgan fingerprint density at radius 2 is 1.80 bits per heavy atom. The van der Waals surface area contributed by atoms with Crippen molar-refractivity contribution in [3.8, 4) is 17.0 Å². The minimum absolute atomic E-state index is 0.0454. The quantitative estimate of drug-likeness (QED) is 0.519. The fraction of sp³-hybridized carbons (Fsp3) is 0.407. The molecule has 35 heavy (non-hydrogen) atoms. The molecule has 6 nitrogen and oxygen atoms in total. The second-order valence-electron chi connectivity index (χ2n) is 9.75. The van der Waals surface area contributed by atoms with Crippen molar-refractivity contribution in [1.82, 2.24) is 14.9 Å². The number of nitrogens with zero attached hydrogens (tertiary/aromatic N) is 4. The summed E-state index contributed by atoms with van der Waals surface area (Å²) in [5, 5.41) is 3.20. The van der Waals surface area contributed by atoms with Crippen molar-refractivity contribution in [3.63, 3.8) is 0 Å². The van der Waals surface area contributed by atoms with Crippen LogP contribution in [0.4, 0.5) is 26.1 Å². The van der Waals surface area contributed by atoms with Crippen molar-refractivity contribution in [2.45, 2.75) is 52.7 Å². The number of anilines is 3. The Morgan fingerprint density at radius 3 is 2.57 bits per heavy atom. The van der Waals surface area contributed by atoms with Gasteiger partial charge in [-0.05, 0) is 69.5 Å². The Labute approximate surface area is 205 Å². The molecule has 1 N–H and O–H groups in total. The largest absolute Gasteiger partial charge is 0.486 e. The summed E-state index contributed by atoms with van der Waals surface area (Å²) >= 11 is 0. The number of benzene rings is 2. The number of hydrogen-bond donors (Lipinski definition) is 1. The van der Waals surface area contributed by atoms with Crippen LogP contribution in [-0.2, 0) is 13.0 Å². The Bertz CT molecular complexity index is 1250. The van der Waals surface area contributed by atoms with Crippen LogP contribution in [-0.4, -0.2) is 46.6 Å². The molecule has 0 amide bonds. The van der Waals surface area contributed by atoms with E-state index < -0.39 is 11.6 Å². The number of rotatable bonds is 5. The SMILES string of the molecule is CC(C)N1CCc2cc(Nc3ncc(F)c(-c4cc(F)c5c(c4)N(C(C)C)CCO5)n3)ccc2C1. The number of nitrogens with one attached hydrogen (secondary N) is 1. The average molecular weight is 480 g/mol. The number of aromatic nitrogens is 2. The maximum absolute atomic E-state index is 14.9. The van der Waals surface area contributed by atoms with E-state index >= 15 is 0 Å². The lowest BCUT2D eigenvalue weighted by molar-refractivity contribution is 0.203. The Hall–Kier alpha value is -3.26. The zero-order valence-corrected chi connectivity index (χ0v) is 20.6. The van der Waals surface area contributed by atoms with E-state index in [2.05, 4.69) is 51.1 Å². The van der Waals surface area contributed by atoms with E-state index in [0.717, 1.165) is 31.4 Å². The highest BCUT2D eigenvalue weighted by molar-refractivity contribution is 5.73. The summed E-state index contributed by atoms with van der Waals surface area (Å²) in [7, 11) is 0. The van der Waals surface area contributed by atoms with Crippen molar-refractivity contribution in [2.24, 2.45) is 0 Å². The first-order valence-electron chi connectivity index (χ1n) is 12.2. The van der Waals surface area contributed by atoms with Crippen LogP contribution in [0.1, 0.15) is 38.8 Å². The summed E-state index contributed by atoms with van der Waals surface area (Å²) in [4.78, 5) is 13.0. The molecule has 3 heterocycles. The molecule has 3 aromatic rings. The van der Waals surface area contributed by atoms with Gasteiger partial charge in [0.2, 0.25) is 5.95 Å². The van der Waals surface area contributed by atoms with Gasteiger partial charge in [0, 0.05) is 36.4 Å². The predicted molar refractivity (Wildman–Crippen MR) is 134 cm³/mol. The lowest BCUT2D eigenvalue weighted by Gasteiger charge is -2.34. The van der Waals surface area contributed by atoms with Gasteiger partial charge in [-0.1, -0.05) is 6.07 Å². The van der Waals surface area contributed by atoms with Gasteiger partial charge < -0.3 is 15.0 Å². The number of ether oxygens (including phenoxy) is 1. The van der Waals surface area contributed by atoms with Crippen molar-refractivity contribution in [2.75, 3.05) is 29.9 Å². The molecule has 0 unspecified atom stereocenters. The van der Waals surface area contributed by atoms with Gasteiger partial charge in [0.05, 0.1) is 18.4 Å². The summed E-state index contributed by atoms with van der Waals surface area (Å²) in [5.41, 5.74) is 4.45. The molecule has 0 radical (unpaired) electrons. The molecule has 184 valence electrons. The first-order valence-corrected chi connectivity index (χ1v) is 12.2.